The Labute approximate surface area is 271 Å². The second kappa shape index (κ2) is 12.0. The Hall–Kier alpha value is -7.08. The van der Waals surface area contributed by atoms with E-state index in [0.717, 1.165) is 0 Å². The molecule has 0 aliphatic carbocycles. The van der Waals surface area contributed by atoms with Crippen LogP contribution in [0.4, 0.5) is 11.4 Å². The van der Waals surface area contributed by atoms with Crippen molar-refractivity contribution < 1.29 is 38.0 Å². The van der Waals surface area contributed by atoms with Gasteiger partial charge < -0.3 is 19.0 Å². The third-order valence-corrected chi connectivity index (χ3v) is 7.73. The molecule has 0 saturated heterocycles. The van der Waals surface area contributed by atoms with E-state index < -0.39 is 21.7 Å². The SMILES string of the molecule is O=[N+]([O-])c1ccc(-c2oc([O-])c(-c3ccccc3)[n+]2-c2ccc(-[n+]3c(-c4ccc([N+](=O)[O-])cc4)oc([O-])c3-c3ccccc3)cc2)cc1. The molecule has 0 spiro atoms. The standard InChI is InChI=1S/C36H22N4O8/c41-35-31(23-7-3-1-4-8-23)37(33(47-35)25-11-15-29(16-12-25)39(43)44)27-19-21-28(22-20-27)38-32(24-9-5-2-6-10-24)36(42)48-34(38)26-13-17-30(18-14-26)40(45)46/h1-22H. The molecule has 7 aromatic rings. The van der Waals surface area contributed by atoms with Crippen LogP contribution in [0, 0.1) is 20.2 Å². The molecule has 48 heavy (non-hydrogen) atoms. The van der Waals surface area contributed by atoms with E-state index in [1.807, 2.05) is 12.1 Å². The first kappa shape index (κ1) is 29.6. The second-order valence-electron chi connectivity index (χ2n) is 10.6. The first-order valence-electron chi connectivity index (χ1n) is 14.5. The molecule has 234 valence electrons. The van der Waals surface area contributed by atoms with Crippen LogP contribution >= 0.6 is 0 Å². The quantitative estimate of drug-likeness (QED) is 0.110. The van der Waals surface area contributed by atoms with Gasteiger partial charge in [0.25, 0.3) is 23.2 Å². The fourth-order valence-corrected chi connectivity index (χ4v) is 5.51. The molecule has 0 bridgehead atoms. The topological polar surface area (TPSA) is 166 Å². The molecule has 0 unspecified atom stereocenters. The molecule has 2 aromatic heterocycles. The average molecular weight is 639 g/mol. The predicted molar refractivity (Wildman–Crippen MR) is 168 cm³/mol. The maximum absolute atomic E-state index is 13.4. The van der Waals surface area contributed by atoms with Crippen LogP contribution in [0.25, 0.3) is 56.8 Å². The van der Waals surface area contributed by atoms with Gasteiger partial charge in [0, 0.05) is 59.7 Å². The van der Waals surface area contributed by atoms with Crippen molar-refractivity contribution in [3.63, 3.8) is 0 Å². The van der Waals surface area contributed by atoms with E-state index in [1.54, 1.807) is 81.9 Å². The van der Waals surface area contributed by atoms with Crippen LogP contribution in [0.2, 0.25) is 0 Å². The molecule has 2 heterocycles. The molecule has 0 aliphatic heterocycles. The number of benzene rings is 5. The number of rotatable bonds is 8. The van der Waals surface area contributed by atoms with Crippen molar-refractivity contribution in [2.75, 3.05) is 0 Å². The summed E-state index contributed by atoms with van der Waals surface area (Å²) < 4.78 is 14.8. The van der Waals surface area contributed by atoms with Gasteiger partial charge in [-0.15, -0.1) is 9.13 Å². The van der Waals surface area contributed by atoms with Crippen molar-refractivity contribution in [3.8, 4) is 68.7 Å². The maximum atomic E-state index is 13.4. The van der Waals surface area contributed by atoms with Gasteiger partial charge in [-0.1, -0.05) is 36.4 Å². The van der Waals surface area contributed by atoms with Gasteiger partial charge in [-0.25, -0.2) is 0 Å². The maximum Gasteiger partial charge on any atom is 0.275 e. The van der Waals surface area contributed by atoms with E-state index in [-0.39, 0.29) is 34.5 Å². The van der Waals surface area contributed by atoms with Crippen molar-refractivity contribution >= 4 is 11.4 Å². The zero-order chi connectivity index (χ0) is 33.4. The van der Waals surface area contributed by atoms with E-state index in [2.05, 4.69) is 0 Å². The minimum absolute atomic E-state index is 0.111. The van der Waals surface area contributed by atoms with Gasteiger partial charge in [0.2, 0.25) is 22.8 Å². The summed E-state index contributed by atoms with van der Waals surface area (Å²) in [5, 5.41) is 49.3. The number of nitrogens with zero attached hydrogens (tertiary/aromatic N) is 4. The lowest BCUT2D eigenvalue weighted by molar-refractivity contribution is -0.580. The molecule has 0 aliphatic rings. The molecule has 0 saturated carbocycles. The zero-order valence-electron chi connectivity index (χ0n) is 24.8. The van der Waals surface area contributed by atoms with Crippen molar-refractivity contribution in [1.82, 2.24) is 0 Å². The van der Waals surface area contributed by atoms with Crippen LogP contribution in [0.5, 0.6) is 11.9 Å². The number of nitro benzene ring substituents is 2. The number of hydrogen-bond donors (Lipinski definition) is 0. The number of nitro groups is 2. The fraction of sp³-hybridized carbons (Fsp3) is 0. The Kier molecular flexibility index (Phi) is 7.42. The Balaban J connectivity index is 1.40. The summed E-state index contributed by atoms with van der Waals surface area (Å²) in [7, 11) is 0. The number of hydrogen-bond acceptors (Lipinski definition) is 8. The van der Waals surface area contributed by atoms with Gasteiger partial charge in [0.15, 0.2) is 0 Å². The molecule has 12 heteroatoms. The van der Waals surface area contributed by atoms with Gasteiger partial charge in [0.1, 0.15) is 11.9 Å². The van der Waals surface area contributed by atoms with Crippen LogP contribution in [0.15, 0.2) is 142 Å². The normalized spacial score (nSPS) is 11.0. The smallest absolute Gasteiger partial charge is 0.275 e. The fourth-order valence-electron chi connectivity index (χ4n) is 5.51. The summed E-state index contributed by atoms with van der Waals surface area (Å²) in [6.07, 6.45) is 0. The summed E-state index contributed by atoms with van der Waals surface area (Å²) in [6, 6.07) is 36.2. The molecule has 5 aromatic carbocycles. The van der Waals surface area contributed by atoms with Crippen molar-refractivity contribution in [2.24, 2.45) is 0 Å². The molecule has 0 atom stereocenters. The van der Waals surface area contributed by atoms with Gasteiger partial charge in [-0.2, -0.15) is 0 Å². The van der Waals surface area contributed by atoms with Gasteiger partial charge in [-0.3, -0.25) is 20.2 Å². The van der Waals surface area contributed by atoms with E-state index in [1.165, 1.54) is 48.5 Å². The molecule has 12 nitrogen and oxygen atoms in total. The first-order chi connectivity index (χ1) is 23.3. The van der Waals surface area contributed by atoms with Gasteiger partial charge >= 0.3 is 0 Å². The highest BCUT2D eigenvalue weighted by atomic mass is 16.6. The highest BCUT2D eigenvalue weighted by molar-refractivity contribution is 5.66. The van der Waals surface area contributed by atoms with Crippen LogP contribution < -0.4 is 19.3 Å². The third-order valence-electron chi connectivity index (χ3n) is 7.73. The highest BCUT2D eigenvalue weighted by Crippen LogP contribution is 2.35. The van der Waals surface area contributed by atoms with Crippen LogP contribution in [0.3, 0.4) is 0 Å². The average Bonchev–Trinajstić information content (AvgIpc) is 3.65. The Bertz CT molecular complexity index is 2120. The van der Waals surface area contributed by atoms with Crippen molar-refractivity contribution in [2.45, 2.75) is 0 Å². The lowest BCUT2D eigenvalue weighted by atomic mass is 10.1. The lowest BCUT2D eigenvalue weighted by Gasteiger charge is -2.06. The number of non-ortho nitro benzene ring substituents is 2. The number of aromatic nitrogens is 2. The van der Waals surface area contributed by atoms with Crippen molar-refractivity contribution in [3.05, 3.63) is 154 Å². The number of oxazole rings is 2. The Morgan fingerprint density at radius 1 is 0.438 bits per heavy atom. The van der Waals surface area contributed by atoms with E-state index in [0.29, 0.717) is 33.6 Å². The van der Waals surface area contributed by atoms with Crippen LogP contribution in [-0.4, -0.2) is 9.85 Å². The summed E-state index contributed by atoms with van der Waals surface area (Å²) in [6.45, 7) is 0. The third kappa shape index (κ3) is 5.28. The van der Waals surface area contributed by atoms with E-state index >= 15 is 0 Å². The second-order valence-corrected chi connectivity index (χ2v) is 10.6. The lowest BCUT2D eigenvalue weighted by Crippen LogP contribution is -2.36. The van der Waals surface area contributed by atoms with E-state index in [4.69, 9.17) is 8.83 Å². The molecular weight excluding hydrogens is 616 g/mol. The summed E-state index contributed by atoms with van der Waals surface area (Å²) >= 11 is 0. The highest BCUT2D eigenvalue weighted by Gasteiger charge is 2.30. The molecule has 7 rings (SSSR count). The minimum Gasteiger partial charge on any atom is -0.540 e. The predicted octanol–water partition coefficient (Wildman–Crippen LogP) is 6.06. The van der Waals surface area contributed by atoms with Crippen LogP contribution in [-0.2, 0) is 0 Å². The summed E-state index contributed by atoms with van der Waals surface area (Å²) in [5.41, 5.74) is 3.39. The Morgan fingerprint density at radius 2 is 0.771 bits per heavy atom. The molecule has 0 N–H and O–H groups in total. The van der Waals surface area contributed by atoms with Gasteiger partial charge in [-0.05, 0) is 48.5 Å². The summed E-state index contributed by atoms with van der Waals surface area (Å²) in [5.74, 6) is -0.886. The molecule has 0 fully saturated rings. The van der Waals surface area contributed by atoms with E-state index in [9.17, 15) is 30.4 Å². The minimum atomic E-state index is -0.606. The zero-order valence-corrected chi connectivity index (χ0v) is 24.8. The first-order valence-corrected chi connectivity index (χ1v) is 14.5. The van der Waals surface area contributed by atoms with Crippen LogP contribution in [0.1, 0.15) is 0 Å². The van der Waals surface area contributed by atoms with Gasteiger partial charge in [0.05, 0.1) is 21.0 Å². The molecule has 0 radical (unpaired) electrons. The van der Waals surface area contributed by atoms with Crippen molar-refractivity contribution in [1.29, 1.82) is 0 Å². The summed E-state index contributed by atoms with van der Waals surface area (Å²) in [4.78, 5) is 21.5. The molecular formula is C36H22N4O8. The molecule has 0 amide bonds. The monoisotopic (exact) mass is 638 g/mol. The largest absolute Gasteiger partial charge is 0.540 e. The Morgan fingerprint density at radius 3 is 1.08 bits per heavy atom.